The van der Waals surface area contributed by atoms with E-state index in [1.807, 2.05) is 30.8 Å². The van der Waals surface area contributed by atoms with Crippen LogP contribution >= 0.6 is 0 Å². The van der Waals surface area contributed by atoms with Crippen molar-refractivity contribution in [3.05, 3.63) is 64.5 Å². The first kappa shape index (κ1) is 25.5. The summed E-state index contributed by atoms with van der Waals surface area (Å²) in [5.41, 5.74) is 8.16. The van der Waals surface area contributed by atoms with Gasteiger partial charge in [0, 0.05) is 30.9 Å². The number of hydrogen-bond donors (Lipinski definition) is 1. The Kier molecular flexibility index (Phi) is 7.24. The Morgan fingerprint density at radius 2 is 1.69 bits per heavy atom. The Bertz CT molecular complexity index is 1310. The highest BCUT2D eigenvalue weighted by atomic mass is 16.5. The molecule has 0 saturated heterocycles. The van der Waals surface area contributed by atoms with Crippen molar-refractivity contribution in [2.24, 2.45) is 17.9 Å². The van der Waals surface area contributed by atoms with Crippen molar-refractivity contribution in [3.63, 3.8) is 0 Å². The molecule has 3 aromatic rings. The smallest absolute Gasteiger partial charge is 0.385 e. The fraction of sp³-hybridized carbons (Fsp3) is 0.393. The van der Waals surface area contributed by atoms with Crippen molar-refractivity contribution < 1.29 is 14.3 Å². The van der Waals surface area contributed by atoms with Crippen LogP contribution in [0.4, 0.5) is 4.79 Å². The van der Waals surface area contributed by atoms with Crippen molar-refractivity contribution >= 4 is 18.4 Å². The second kappa shape index (κ2) is 10.2. The Balaban J connectivity index is 1.91. The number of rotatable bonds is 6. The second-order valence-corrected chi connectivity index (χ2v) is 9.76. The lowest BCUT2D eigenvalue weighted by Gasteiger charge is -2.22. The first-order chi connectivity index (χ1) is 17.2. The number of carbonyl (C=O) groups is 1. The zero-order chi connectivity index (χ0) is 26.1. The lowest BCUT2D eigenvalue weighted by Crippen LogP contribution is -2.39. The van der Waals surface area contributed by atoms with Crippen molar-refractivity contribution in [2.75, 3.05) is 21.3 Å². The number of aryl methyl sites for hydroxylation is 2. The summed E-state index contributed by atoms with van der Waals surface area (Å²) in [6, 6.07) is 12.4. The molecular formula is C28H35BN4O3. The number of aromatic nitrogens is 2. The van der Waals surface area contributed by atoms with Gasteiger partial charge in [0.15, 0.2) is 11.5 Å². The lowest BCUT2D eigenvalue weighted by molar-refractivity contribution is 0.259. The highest BCUT2D eigenvalue weighted by Crippen LogP contribution is 2.39. The monoisotopic (exact) mass is 486 g/mol. The van der Waals surface area contributed by atoms with E-state index in [9.17, 15) is 4.79 Å². The molecule has 4 rings (SSSR count). The molecule has 1 atom stereocenters. The molecule has 1 unspecified atom stereocenters. The van der Waals surface area contributed by atoms with Crippen LogP contribution in [0.2, 0.25) is 5.82 Å². The normalized spacial score (nSPS) is 15.3. The molecule has 0 aliphatic carbocycles. The van der Waals surface area contributed by atoms with Gasteiger partial charge in [0.25, 0.3) is 0 Å². The Hall–Kier alpha value is -3.55. The first-order valence-electron chi connectivity index (χ1n) is 12.4. The molecule has 1 aliphatic heterocycles. The van der Waals surface area contributed by atoms with E-state index in [1.165, 1.54) is 0 Å². The fourth-order valence-electron chi connectivity index (χ4n) is 5.20. The van der Waals surface area contributed by atoms with E-state index in [0.717, 1.165) is 44.9 Å². The molecule has 0 spiro atoms. The van der Waals surface area contributed by atoms with Gasteiger partial charge in [-0.05, 0) is 60.8 Å². The average Bonchev–Trinajstić information content (AvgIpc) is 3.03. The molecule has 1 aromatic heterocycles. The molecule has 0 bridgehead atoms. The van der Waals surface area contributed by atoms with E-state index in [0.29, 0.717) is 17.9 Å². The van der Waals surface area contributed by atoms with Crippen molar-refractivity contribution in [2.45, 2.75) is 39.9 Å². The maximum atomic E-state index is 13.0. The molecule has 1 N–H and O–H groups in total. The number of amides is 1. The van der Waals surface area contributed by atoms with Gasteiger partial charge in [-0.15, -0.1) is 0 Å². The van der Waals surface area contributed by atoms with Gasteiger partial charge >= 0.3 is 6.85 Å². The van der Waals surface area contributed by atoms with E-state index in [1.54, 1.807) is 21.3 Å². The molecule has 7 nitrogen and oxygen atoms in total. The topological polar surface area (TPSA) is 77.7 Å². The van der Waals surface area contributed by atoms with Crippen LogP contribution in [-0.4, -0.2) is 49.4 Å². The molecule has 2 heterocycles. The zero-order valence-electron chi connectivity index (χ0n) is 22.5. The first-order valence-corrected chi connectivity index (χ1v) is 12.4. The molecule has 1 amide bonds. The van der Waals surface area contributed by atoms with Gasteiger partial charge in [-0.1, -0.05) is 38.1 Å². The predicted molar refractivity (Wildman–Crippen MR) is 146 cm³/mol. The van der Waals surface area contributed by atoms with E-state index < -0.39 is 6.85 Å². The third-order valence-corrected chi connectivity index (χ3v) is 7.32. The molecule has 188 valence electrons. The van der Waals surface area contributed by atoms with E-state index in [4.69, 9.17) is 14.4 Å². The number of hydrogen-bond acceptors (Lipinski definition) is 5. The van der Waals surface area contributed by atoms with Crippen LogP contribution in [0.1, 0.15) is 41.9 Å². The Morgan fingerprint density at radius 3 is 2.22 bits per heavy atom. The Labute approximate surface area is 214 Å². The molecule has 0 radical (unpaired) electrons. The highest BCUT2D eigenvalue weighted by molar-refractivity contribution is 6.90. The quantitative estimate of drug-likeness (QED) is 0.495. The summed E-state index contributed by atoms with van der Waals surface area (Å²) in [5.74, 6) is 1.54. The van der Waals surface area contributed by atoms with Crippen molar-refractivity contribution in [1.82, 2.24) is 15.1 Å². The summed E-state index contributed by atoms with van der Waals surface area (Å²) in [6.45, 7) is 7.90. The van der Waals surface area contributed by atoms with Gasteiger partial charge in [0.2, 0.25) is 5.81 Å². The standard InChI is InChI=1S/C28H35BN4O3/c1-16(2)23-13-21-14-24(35-7)25(36-8)15-22(21)27(31-29(23)28(34)30-5)20-11-9-19(10-12-20)26-17(3)32-33(6)18(26)4/h9-12,14-16,23H,13H2,1-8H3,(H,30,34). The number of ether oxygens (including phenoxy) is 2. The second-order valence-electron chi connectivity index (χ2n) is 9.76. The van der Waals surface area contributed by atoms with E-state index in [-0.39, 0.29) is 17.5 Å². The number of methoxy groups -OCH3 is 2. The Morgan fingerprint density at radius 1 is 1.08 bits per heavy atom. The molecule has 0 fully saturated rings. The third-order valence-electron chi connectivity index (χ3n) is 7.32. The summed E-state index contributed by atoms with van der Waals surface area (Å²) in [5, 5.41) is 7.40. The van der Waals surface area contributed by atoms with Gasteiger partial charge in [-0.3, -0.25) is 9.48 Å². The third kappa shape index (κ3) is 4.52. The zero-order valence-corrected chi connectivity index (χ0v) is 22.5. The van der Waals surface area contributed by atoms with Crippen LogP contribution in [0.25, 0.3) is 11.1 Å². The van der Waals surface area contributed by atoms with Gasteiger partial charge in [0.1, 0.15) is 0 Å². The molecular weight excluding hydrogens is 451 g/mol. The van der Waals surface area contributed by atoms with Gasteiger partial charge in [-0.2, -0.15) is 5.10 Å². The lowest BCUT2D eigenvalue weighted by atomic mass is 9.47. The molecule has 8 heteroatoms. The maximum Gasteiger partial charge on any atom is 0.385 e. The summed E-state index contributed by atoms with van der Waals surface area (Å²) < 4.78 is 13.2. The van der Waals surface area contributed by atoms with Crippen LogP contribution in [-0.2, 0) is 13.5 Å². The molecule has 2 aromatic carbocycles. The molecule has 1 aliphatic rings. The fourth-order valence-corrected chi connectivity index (χ4v) is 5.20. The minimum absolute atomic E-state index is 0.0410. The number of nitrogens with one attached hydrogen (secondary N) is 1. The minimum atomic E-state index is -0.503. The van der Waals surface area contributed by atoms with Crippen molar-refractivity contribution in [3.8, 4) is 22.6 Å². The molecule has 36 heavy (non-hydrogen) atoms. The van der Waals surface area contributed by atoms with Crippen LogP contribution in [0.15, 0.2) is 41.3 Å². The summed E-state index contributed by atoms with van der Waals surface area (Å²) in [4.78, 5) is 18.2. The maximum absolute atomic E-state index is 13.0. The van der Waals surface area contributed by atoms with E-state index >= 15 is 0 Å². The number of benzene rings is 2. The largest absolute Gasteiger partial charge is 0.493 e. The van der Waals surface area contributed by atoms with Crippen LogP contribution < -0.4 is 14.8 Å². The summed E-state index contributed by atoms with van der Waals surface area (Å²) in [6.07, 6.45) is 0.713. The number of carbonyl (C=O) groups excluding carboxylic acids is 1. The molecule has 0 saturated carbocycles. The average molecular weight is 486 g/mol. The van der Waals surface area contributed by atoms with Gasteiger partial charge < -0.3 is 19.7 Å². The van der Waals surface area contributed by atoms with Gasteiger partial charge in [-0.25, -0.2) is 0 Å². The van der Waals surface area contributed by atoms with Crippen LogP contribution in [0.5, 0.6) is 11.5 Å². The number of fused-ring (bicyclic) bond motifs is 1. The SMILES string of the molecule is CNC(=O)B1N=C(c2ccc(-c3c(C)nn(C)c3C)cc2)c2cc(OC)c(OC)cc2CC1C(C)C. The minimum Gasteiger partial charge on any atom is -0.493 e. The van der Waals surface area contributed by atoms with E-state index in [2.05, 4.69) is 55.5 Å². The van der Waals surface area contributed by atoms with Gasteiger partial charge in [0.05, 0.1) is 25.6 Å². The van der Waals surface area contributed by atoms with Crippen LogP contribution in [0.3, 0.4) is 0 Å². The highest BCUT2D eigenvalue weighted by Gasteiger charge is 2.39. The van der Waals surface area contributed by atoms with Crippen molar-refractivity contribution in [1.29, 1.82) is 0 Å². The summed E-state index contributed by atoms with van der Waals surface area (Å²) >= 11 is 0. The predicted octanol–water partition coefficient (Wildman–Crippen LogP) is 5.05. The summed E-state index contributed by atoms with van der Waals surface area (Å²) in [7, 11) is 6.91. The number of nitrogens with zero attached hydrogens (tertiary/aromatic N) is 3. The van der Waals surface area contributed by atoms with Crippen LogP contribution in [0, 0.1) is 19.8 Å².